The lowest BCUT2D eigenvalue weighted by Crippen LogP contribution is -2.30. The van der Waals surface area contributed by atoms with Crippen LogP contribution >= 0.6 is 11.6 Å². The molecule has 1 aromatic rings. The van der Waals surface area contributed by atoms with Gasteiger partial charge in [0, 0.05) is 5.02 Å². The molecule has 0 bridgehead atoms. The molecule has 15 heavy (non-hydrogen) atoms. The highest BCUT2D eigenvalue weighted by molar-refractivity contribution is 6.30. The van der Waals surface area contributed by atoms with Crippen LogP contribution in [0.2, 0.25) is 5.02 Å². The second kappa shape index (κ2) is 5.58. The predicted molar refractivity (Wildman–Crippen MR) is 56.4 cm³/mol. The molecule has 0 radical (unpaired) electrons. The van der Waals surface area contributed by atoms with E-state index in [2.05, 4.69) is 4.84 Å². The van der Waals surface area contributed by atoms with E-state index < -0.39 is 12.1 Å². The molecule has 1 rings (SSSR count). The Balaban J connectivity index is 2.66. The molecule has 0 aromatic heterocycles. The van der Waals surface area contributed by atoms with E-state index in [0.717, 1.165) is 0 Å². The van der Waals surface area contributed by atoms with Crippen LogP contribution in [0, 0.1) is 0 Å². The summed E-state index contributed by atoms with van der Waals surface area (Å²) in [7, 11) is 0. The Kier molecular flexibility index (Phi) is 4.39. The summed E-state index contributed by atoms with van der Waals surface area (Å²) in [6.07, 6.45) is -0.199. The fraction of sp³-hybridized carbons (Fsp3) is 0.300. The molecule has 0 saturated heterocycles. The highest BCUT2D eigenvalue weighted by Gasteiger charge is 2.19. The topological polar surface area (TPSA) is 61.5 Å². The number of halogens is 1. The van der Waals surface area contributed by atoms with E-state index in [1.165, 1.54) is 0 Å². The quantitative estimate of drug-likeness (QED) is 0.802. The number of hydrogen-bond acceptors (Lipinski definition) is 4. The van der Waals surface area contributed by atoms with Gasteiger partial charge in [0.2, 0.25) is 0 Å². The maximum Gasteiger partial charge on any atom is 0.365 e. The third-order valence-corrected chi connectivity index (χ3v) is 2.09. The maximum absolute atomic E-state index is 11.1. The van der Waals surface area contributed by atoms with Crippen LogP contribution in [-0.2, 0) is 9.63 Å². The first-order valence-electron chi connectivity index (χ1n) is 4.50. The van der Waals surface area contributed by atoms with Crippen molar-refractivity contribution in [2.75, 3.05) is 0 Å². The van der Waals surface area contributed by atoms with Gasteiger partial charge in [-0.2, -0.15) is 5.90 Å². The lowest BCUT2D eigenvalue weighted by atomic mass is 10.2. The molecule has 82 valence electrons. The number of benzene rings is 1. The third kappa shape index (κ3) is 3.42. The molecule has 0 aliphatic rings. The van der Waals surface area contributed by atoms with Crippen LogP contribution in [0.5, 0.6) is 5.75 Å². The lowest BCUT2D eigenvalue weighted by molar-refractivity contribution is -0.152. The number of hydrogen-bond donors (Lipinski definition) is 1. The third-order valence-electron chi connectivity index (χ3n) is 1.84. The summed E-state index contributed by atoms with van der Waals surface area (Å²) in [5.41, 5.74) is 0. The molecule has 1 aromatic carbocycles. The lowest BCUT2D eigenvalue weighted by Gasteiger charge is -2.14. The Hall–Kier alpha value is -1.26. The Bertz CT molecular complexity index is 326. The number of nitrogens with two attached hydrogens (primary N) is 1. The Labute approximate surface area is 92.9 Å². The van der Waals surface area contributed by atoms with Gasteiger partial charge in [-0.05, 0) is 30.7 Å². The van der Waals surface area contributed by atoms with Crippen molar-refractivity contribution >= 4 is 17.6 Å². The van der Waals surface area contributed by atoms with Crippen molar-refractivity contribution in [2.45, 2.75) is 19.4 Å². The smallest absolute Gasteiger partial charge is 0.365 e. The normalized spacial score (nSPS) is 11.9. The van der Waals surface area contributed by atoms with Gasteiger partial charge in [-0.25, -0.2) is 4.79 Å². The average Bonchev–Trinajstić information content (AvgIpc) is 2.27. The van der Waals surface area contributed by atoms with Crippen LogP contribution < -0.4 is 10.6 Å². The van der Waals surface area contributed by atoms with Crippen LogP contribution in [0.25, 0.3) is 0 Å². The molecule has 0 aliphatic carbocycles. The molecule has 4 nitrogen and oxygen atoms in total. The molecular formula is C10H12ClNO3. The molecule has 0 saturated carbocycles. The molecule has 5 heteroatoms. The van der Waals surface area contributed by atoms with Gasteiger partial charge in [-0.15, -0.1) is 0 Å². The first-order valence-corrected chi connectivity index (χ1v) is 4.88. The zero-order valence-electron chi connectivity index (χ0n) is 8.27. The van der Waals surface area contributed by atoms with Crippen LogP contribution in [0.4, 0.5) is 0 Å². The van der Waals surface area contributed by atoms with Gasteiger partial charge in [0.25, 0.3) is 0 Å². The van der Waals surface area contributed by atoms with E-state index in [1.54, 1.807) is 31.2 Å². The molecule has 1 atom stereocenters. The second-order valence-corrected chi connectivity index (χ2v) is 3.34. The first kappa shape index (κ1) is 11.8. The van der Waals surface area contributed by atoms with Crippen LogP contribution in [0.15, 0.2) is 24.3 Å². The molecule has 0 fully saturated rings. The van der Waals surface area contributed by atoms with Gasteiger partial charge in [-0.3, -0.25) is 0 Å². The van der Waals surface area contributed by atoms with Crippen LogP contribution in [0.3, 0.4) is 0 Å². The fourth-order valence-corrected chi connectivity index (χ4v) is 1.18. The Morgan fingerprint density at radius 2 is 2.07 bits per heavy atom. The Morgan fingerprint density at radius 1 is 1.47 bits per heavy atom. The molecule has 0 unspecified atom stereocenters. The van der Waals surface area contributed by atoms with Crippen molar-refractivity contribution in [2.24, 2.45) is 5.90 Å². The molecule has 2 N–H and O–H groups in total. The van der Waals surface area contributed by atoms with E-state index >= 15 is 0 Å². The van der Waals surface area contributed by atoms with Crippen molar-refractivity contribution in [3.63, 3.8) is 0 Å². The number of ether oxygens (including phenoxy) is 1. The average molecular weight is 230 g/mol. The molecule has 0 heterocycles. The highest BCUT2D eigenvalue weighted by Crippen LogP contribution is 2.17. The zero-order chi connectivity index (χ0) is 11.3. The van der Waals surface area contributed by atoms with Crippen LogP contribution in [-0.4, -0.2) is 12.1 Å². The second-order valence-electron chi connectivity index (χ2n) is 2.91. The summed E-state index contributed by atoms with van der Waals surface area (Å²) in [4.78, 5) is 15.2. The predicted octanol–water partition coefficient (Wildman–Crippen LogP) is 1.91. The highest BCUT2D eigenvalue weighted by atomic mass is 35.5. The van der Waals surface area contributed by atoms with E-state index in [9.17, 15) is 4.79 Å². The minimum atomic E-state index is -0.684. The SMILES string of the molecule is CC[C@H](Oc1ccc(Cl)cc1)C(=O)ON. The van der Waals surface area contributed by atoms with Gasteiger partial charge < -0.3 is 9.57 Å². The van der Waals surface area contributed by atoms with E-state index in [0.29, 0.717) is 17.2 Å². The summed E-state index contributed by atoms with van der Waals surface area (Å²) in [5, 5.41) is 0.608. The van der Waals surface area contributed by atoms with Gasteiger partial charge in [-0.1, -0.05) is 18.5 Å². The van der Waals surface area contributed by atoms with Gasteiger partial charge in [0.15, 0.2) is 6.10 Å². The van der Waals surface area contributed by atoms with Crippen molar-refractivity contribution in [1.29, 1.82) is 0 Å². The van der Waals surface area contributed by atoms with Crippen LogP contribution in [0.1, 0.15) is 13.3 Å². The Morgan fingerprint density at radius 3 is 2.53 bits per heavy atom. The van der Waals surface area contributed by atoms with E-state index in [-0.39, 0.29) is 0 Å². The summed E-state index contributed by atoms with van der Waals surface area (Å²) < 4.78 is 5.36. The number of carbonyl (C=O) groups excluding carboxylic acids is 1. The maximum atomic E-state index is 11.1. The van der Waals surface area contributed by atoms with Gasteiger partial charge >= 0.3 is 5.97 Å². The molecule has 0 aliphatic heterocycles. The largest absolute Gasteiger partial charge is 0.479 e. The van der Waals surface area contributed by atoms with Crippen molar-refractivity contribution < 1.29 is 14.4 Å². The molecule has 0 spiro atoms. The van der Waals surface area contributed by atoms with Crippen molar-refractivity contribution in [1.82, 2.24) is 0 Å². The standard InChI is InChI=1S/C10H12ClNO3/c1-2-9(10(13)15-12)14-8-5-3-7(11)4-6-8/h3-6,9H,2,12H2,1H3/t9-/m0/s1. The van der Waals surface area contributed by atoms with Gasteiger partial charge in [0.05, 0.1) is 0 Å². The summed E-state index contributed by atoms with van der Waals surface area (Å²) >= 11 is 5.70. The minimum absolute atomic E-state index is 0.485. The summed E-state index contributed by atoms with van der Waals surface area (Å²) in [6.45, 7) is 1.80. The number of rotatable bonds is 4. The first-order chi connectivity index (χ1) is 7.17. The monoisotopic (exact) mass is 229 g/mol. The zero-order valence-corrected chi connectivity index (χ0v) is 9.03. The van der Waals surface area contributed by atoms with Gasteiger partial charge in [0.1, 0.15) is 5.75 Å². The van der Waals surface area contributed by atoms with Crippen molar-refractivity contribution in [3.8, 4) is 5.75 Å². The van der Waals surface area contributed by atoms with E-state index in [1.807, 2.05) is 0 Å². The van der Waals surface area contributed by atoms with E-state index in [4.69, 9.17) is 22.2 Å². The summed E-state index contributed by atoms with van der Waals surface area (Å²) in [6, 6.07) is 6.71. The molecular weight excluding hydrogens is 218 g/mol. The fourth-order valence-electron chi connectivity index (χ4n) is 1.05. The minimum Gasteiger partial charge on any atom is -0.479 e. The number of carbonyl (C=O) groups is 1. The van der Waals surface area contributed by atoms with Crippen molar-refractivity contribution in [3.05, 3.63) is 29.3 Å². The summed E-state index contributed by atoms with van der Waals surface area (Å²) in [5.74, 6) is 4.74. The molecule has 0 amide bonds.